The molecule has 154 valence electrons. The fourth-order valence-corrected chi connectivity index (χ4v) is 5.26. The number of aromatic nitrogens is 4. The largest absolute Gasteiger partial charge is 0.341 e. The van der Waals surface area contributed by atoms with Gasteiger partial charge in [0.1, 0.15) is 5.82 Å². The van der Waals surface area contributed by atoms with E-state index in [0.717, 1.165) is 22.5 Å². The van der Waals surface area contributed by atoms with Gasteiger partial charge in [0.05, 0.1) is 10.4 Å². The van der Waals surface area contributed by atoms with Gasteiger partial charge in [0, 0.05) is 24.5 Å². The van der Waals surface area contributed by atoms with Crippen molar-refractivity contribution in [1.82, 2.24) is 24.3 Å². The third kappa shape index (κ3) is 3.40. The molecule has 0 radical (unpaired) electrons. The van der Waals surface area contributed by atoms with Crippen molar-refractivity contribution in [1.29, 1.82) is 0 Å². The van der Waals surface area contributed by atoms with E-state index in [0.29, 0.717) is 36.7 Å². The number of fused-ring (bicyclic) bond motifs is 3. The maximum atomic E-state index is 12.6. The summed E-state index contributed by atoms with van der Waals surface area (Å²) in [5.41, 5.74) is 1.67. The summed E-state index contributed by atoms with van der Waals surface area (Å²) in [6, 6.07) is 16.3. The number of para-hydroxylation sites is 1. The predicted octanol–water partition coefficient (Wildman–Crippen LogP) is 2.53. The topological polar surface area (TPSA) is 92.5 Å². The van der Waals surface area contributed by atoms with Gasteiger partial charge in [-0.1, -0.05) is 30.3 Å². The van der Waals surface area contributed by atoms with E-state index in [9.17, 15) is 8.42 Å². The van der Waals surface area contributed by atoms with Gasteiger partial charge in [-0.2, -0.15) is 4.52 Å². The van der Waals surface area contributed by atoms with Gasteiger partial charge in [-0.15, -0.1) is 5.10 Å². The summed E-state index contributed by atoms with van der Waals surface area (Å²) in [6.45, 7) is 3.23. The van der Waals surface area contributed by atoms with E-state index >= 15 is 0 Å². The molecule has 2 aromatic heterocycles. The number of aryl methyl sites for hydroxylation is 1. The Bertz CT molecular complexity index is 1310. The number of hydrogen-bond acceptors (Lipinski definition) is 6. The van der Waals surface area contributed by atoms with Crippen molar-refractivity contribution >= 4 is 32.5 Å². The summed E-state index contributed by atoms with van der Waals surface area (Å²) >= 11 is 0. The Morgan fingerprint density at radius 3 is 2.43 bits per heavy atom. The molecule has 0 saturated carbocycles. The van der Waals surface area contributed by atoms with Crippen molar-refractivity contribution in [2.24, 2.45) is 0 Å². The average molecular weight is 423 g/mol. The first-order valence-corrected chi connectivity index (χ1v) is 11.4. The molecule has 0 amide bonds. The predicted molar refractivity (Wildman–Crippen MR) is 115 cm³/mol. The first-order valence-electron chi connectivity index (χ1n) is 9.96. The second-order valence-electron chi connectivity index (χ2n) is 7.52. The van der Waals surface area contributed by atoms with E-state index < -0.39 is 10.0 Å². The molecule has 9 heteroatoms. The molecule has 1 N–H and O–H groups in total. The van der Waals surface area contributed by atoms with Crippen LogP contribution in [0.15, 0.2) is 59.5 Å². The highest BCUT2D eigenvalue weighted by molar-refractivity contribution is 7.89. The number of rotatable bonds is 4. The van der Waals surface area contributed by atoms with Crippen LogP contribution in [-0.2, 0) is 10.0 Å². The van der Waals surface area contributed by atoms with E-state index in [-0.39, 0.29) is 6.04 Å². The number of nitrogens with one attached hydrogen (secondary N) is 1. The third-order valence-corrected chi connectivity index (χ3v) is 6.96. The van der Waals surface area contributed by atoms with Crippen LogP contribution in [0.2, 0.25) is 0 Å². The van der Waals surface area contributed by atoms with E-state index in [1.54, 1.807) is 34.8 Å². The van der Waals surface area contributed by atoms with Crippen LogP contribution in [0.1, 0.15) is 18.7 Å². The van der Waals surface area contributed by atoms with E-state index in [1.807, 2.05) is 31.2 Å². The normalized spacial score (nSPS) is 15.8. The molecule has 1 aliphatic rings. The van der Waals surface area contributed by atoms with E-state index in [4.69, 9.17) is 4.98 Å². The van der Waals surface area contributed by atoms with E-state index in [1.165, 1.54) is 0 Å². The molecule has 30 heavy (non-hydrogen) atoms. The van der Waals surface area contributed by atoms with Crippen LogP contribution in [0.25, 0.3) is 16.6 Å². The first kappa shape index (κ1) is 19.0. The second kappa shape index (κ2) is 7.33. The van der Waals surface area contributed by atoms with Gasteiger partial charge in [-0.25, -0.2) is 23.1 Å². The van der Waals surface area contributed by atoms with Crippen molar-refractivity contribution in [3.63, 3.8) is 0 Å². The van der Waals surface area contributed by atoms with Crippen LogP contribution in [0, 0.1) is 6.92 Å². The Kier molecular flexibility index (Phi) is 4.63. The number of sulfonamides is 1. The SMILES string of the molecule is Cc1nc2c3ccccc3nc(N3CCC(NS(=O)(=O)c4ccccc4)CC3)n2n1. The summed E-state index contributed by atoms with van der Waals surface area (Å²) < 4.78 is 29.9. The molecule has 0 bridgehead atoms. The lowest BCUT2D eigenvalue weighted by Gasteiger charge is -2.32. The quantitative estimate of drug-likeness (QED) is 0.543. The van der Waals surface area contributed by atoms with E-state index in [2.05, 4.69) is 19.7 Å². The Morgan fingerprint density at radius 1 is 0.967 bits per heavy atom. The monoisotopic (exact) mass is 422 g/mol. The van der Waals surface area contributed by atoms with Crippen LogP contribution in [0.3, 0.4) is 0 Å². The molecular formula is C21H22N6O2S. The number of piperidine rings is 1. The third-order valence-electron chi connectivity index (χ3n) is 5.42. The molecule has 0 spiro atoms. The molecule has 5 rings (SSSR count). The van der Waals surface area contributed by atoms with Gasteiger partial charge >= 0.3 is 0 Å². The molecule has 0 aliphatic carbocycles. The summed E-state index contributed by atoms with van der Waals surface area (Å²) in [7, 11) is -3.51. The standard InChI is InChI=1S/C21H22N6O2S/c1-15-22-20-18-9-5-6-10-19(18)23-21(27(20)24-15)26-13-11-16(12-14-26)25-30(28,29)17-7-3-2-4-8-17/h2-10,16,25H,11-14H2,1H3. The average Bonchev–Trinajstić information content (AvgIpc) is 3.16. The fraction of sp³-hybridized carbons (Fsp3) is 0.286. The zero-order valence-corrected chi connectivity index (χ0v) is 17.4. The van der Waals surface area contributed by atoms with Gasteiger partial charge in [-0.05, 0) is 44.0 Å². The highest BCUT2D eigenvalue weighted by Crippen LogP contribution is 2.25. The summed E-state index contributed by atoms with van der Waals surface area (Å²) in [5.74, 6) is 1.44. The zero-order chi connectivity index (χ0) is 20.7. The molecule has 1 fully saturated rings. The first-order chi connectivity index (χ1) is 14.5. The number of nitrogens with zero attached hydrogens (tertiary/aromatic N) is 5. The molecule has 4 aromatic rings. The van der Waals surface area contributed by atoms with Crippen LogP contribution in [0.5, 0.6) is 0 Å². The van der Waals surface area contributed by atoms with Gasteiger partial charge in [0.2, 0.25) is 16.0 Å². The summed E-state index contributed by atoms with van der Waals surface area (Å²) in [4.78, 5) is 11.9. The Morgan fingerprint density at radius 2 is 1.67 bits per heavy atom. The molecule has 0 atom stereocenters. The maximum absolute atomic E-state index is 12.6. The van der Waals surface area contributed by atoms with Crippen LogP contribution < -0.4 is 9.62 Å². The number of anilines is 1. The minimum atomic E-state index is -3.51. The zero-order valence-electron chi connectivity index (χ0n) is 16.6. The minimum Gasteiger partial charge on any atom is -0.341 e. The maximum Gasteiger partial charge on any atom is 0.240 e. The second-order valence-corrected chi connectivity index (χ2v) is 9.23. The van der Waals surface area contributed by atoms with Crippen LogP contribution >= 0.6 is 0 Å². The van der Waals surface area contributed by atoms with Crippen molar-refractivity contribution in [3.05, 3.63) is 60.4 Å². The van der Waals surface area contributed by atoms with Crippen LogP contribution in [-0.4, -0.2) is 47.1 Å². The number of benzene rings is 2. The Labute approximate surface area is 174 Å². The van der Waals surface area contributed by atoms with Gasteiger partial charge in [-0.3, -0.25) is 0 Å². The summed E-state index contributed by atoms with van der Waals surface area (Å²) in [5, 5.41) is 5.51. The molecular weight excluding hydrogens is 400 g/mol. The van der Waals surface area contributed by atoms with Crippen molar-refractivity contribution in [3.8, 4) is 0 Å². The molecule has 0 unspecified atom stereocenters. The van der Waals surface area contributed by atoms with Gasteiger partial charge in [0.15, 0.2) is 5.65 Å². The smallest absolute Gasteiger partial charge is 0.240 e. The molecule has 3 heterocycles. The van der Waals surface area contributed by atoms with Crippen LogP contribution in [0.4, 0.5) is 5.95 Å². The molecule has 2 aromatic carbocycles. The molecule has 1 aliphatic heterocycles. The van der Waals surface area contributed by atoms with Crippen molar-refractivity contribution in [2.75, 3.05) is 18.0 Å². The Balaban J connectivity index is 1.38. The van der Waals surface area contributed by atoms with Gasteiger partial charge in [0.25, 0.3) is 0 Å². The fourth-order valence-electron chi connectivity index (χ4n) is 3.93. The highest BCUT2D eigenvalue weighted by Gasteiger charge is 2.27. The molecule has 8 nitrogen and oxygen atoms in total. The lowest BCUT2D eigenvalue weighted by atomic mass is 10.1. The minimum absolute atomic E-state index is 0.111. The lowest BCUT2D eigenvalue weighted by molar-refractivity contribution is 0.455. The Hall–Kier alpha value is -3.04. The highest BCUT2D eigenvalue weighted by atomic mass is 32.2. The molecule has 1 saturated heterocycles. The van der Waals surface area contributed by atoms with Gasteiger partial charge < -0.3 is 4.90 Å². The van der Waals surface area contributed by atoms with Crippen molar-refractivity contribution in [2.45, 2.75) is 30.7 Å². The summed E-state index contributed by atoms with van der Waals surface area (Å²) in [6.07, 6.45) is 1.38. The lowest BCUT2D eigenvalue weighted by Crippen LogP contribution is -2.45. The van der Waals surface area contributed by atoms with Crippen molar-refractivity contribution < 1.29 is 8.42 Å². The number of hydrogen-bond donors (Lipinski definition) is 1.